The maximum absolute atomic E-state index is 12.5. The van der Waals surface area contributed by atoms with Crippen LogP contribution in [0.2, 0.25) is 0 Å². The maximum Gasteiger partial charge on any atom is 0.138 e. The first-order chi connectivity index (χ1) is 8.72. The summed E-state index contributed by atoms with van der Waals surface area (Å²) in [6.45, 7) is 4.95. The Balaban J connectivity index is 1.82. The van der Waals surface area contributed by atoms with Crippen molar-refractivity contribution in [2.24, 2.45) is 23.7 Å². The summed E-state index contributed by atoms with van der Waals surface area (Å²) in [5.41, 5.74) is 0.314. The van der Waals surface area contributed by atoms with E-state index in [0.29, 0.717) is 17.2 Å². The van der Waals surface area contributed by atoms with Crippen molar-refractivity contribution in [1.82, 2.24) is 4.90 Å². The fraction of sp³-hybridized carbons (Fsp3) is 0.938. The monoisotopic (exact) mass is 247 g/mol. The molecular weight excluding hydrogens is 222 g/mol. The zero-order chi connectivity index (χ0) is 12.3. The van der Waals surface area contributed by atoms with Crippen molar-refractivity contribution in [1.29, 1.82) is 0 Å². The minimum Gasteiger partial charge on any atom is -0.299 e. The van der Waals surface area contributed by atoms with Gasteiger partial charge in [-0.25, -0.2) is 0 Å². The third-order valence-electron chi connectivity index (χ3n) is 6.50. The molecule has 4 fully saturated rings. The molecule has 2 saturated carbocycles. The van der Waals surface area contributed by atoms with E-state index >= 15 is 0 Å². The number of rotatable bonds is 0. The van der Waals surface area contributed by atoms with E-state index < -0.39 is 0 Å². The molecule has 18 heavy (non-hydrogen) atoms. The normalized spacial score (nSPS) is 51.9. The predicted octanol–water partition coefficient (Wildman–Crippen LogP) is 2.87. The molecular formula is C16H25NO. The van der Waals surface area contributed by atoms with Crippen LogP contribution >= 0.6 is 0 Å². The number of Topliss-reactive ketones (excluding diaryl/α,β-unsaturated/α-hetero) is 1. The van der Waals surface area contributed by atoms with Gasteiger partial charge >= 0.3 is 0 Å². The van der Waals surface area contributed by atoms with Crippen LogP contribution in [-0.2, 0) is 4.79 Å². The summed E-state index contributed by atoms with van der Waals surface area (Å²) in [4.78, 5) is 15.3. The van der Waals surface area contributed by atoms with Crippen molar-refractivity contribution in [3.05, 3.63) is 0 Å². The number of hydrogen-bond acceptors (Lipinski definition) is 2. The van der Waals surface area contributed by atoms with Crippen molar-refractivity contribution >= 4 is 5.78 Å². The summed E-state index contributed by atoms with van der Waals surface area (Å²) in [6, 6.07) is 0. The Morgan fingerprint density at radius 3 is 2.83 bits per heavy atom. The van der Waals surface area contributed by atoms with E-state index in [-0.39, 0.29) is 0 Å². The lowest BCUT2D eigenvalue weighted by atomic mass is 9.48. The molecule has 0 aromatic heterocycles. The van der Waals surface area contributed by atoms with Crippen LogP contribution in [0.3, 0.4) is 0 Å². The summed E-state index contributed by atoms with van der Waals surface area (Å²) < 4.78 is 0. The summed E-state index contributed by atoms with van der Waals surface area (Å²) in [5, 5.41) is 0. The van der Waals surface area contributed by atoms with Crippen molar-refractivity contribution in [3.8, 4) is 0 Å². The van der Waals surface area contributed by atoms with Gasteiger partial charge < -0.3 is 0 Å². The van der Waals surface area contributed by atoms with Crippen LogP contribution in [0.25, 0.3) is 0 Å². The van der Waals surface area contributed by atoms with Gasteiger partial charge in [0.25, 0.3) is 0 Å². The van der Waals surface area contributed by atoms with Gasteiger partial charge in [-0.05, 0) is 69.4 Å². The van der Waals surface area contributed by atoms with E-state index in [4.69, 9.17) is 0 Å². The molecule has 0 radical (unpaired) electrons. The van der Waals surface area contributed by atoms with Gasteiger partial charge in [0, 0.05) is 17.9 Å². The molecule has 2 nitrogen and oxygen atoms in total. The molecule has 2 heterocycles. The molecule has 0 aromatic carbocycles. The second-order valence-corrected chi connectivity index (χ2v) is 7.40. The first kappa shape index (κ1) is 11.5. The van der Waals surface area contributed by atoms with Crippen LogP contribution in [-0.4, -0.2) is 29.3 Å². The summed E-state index contributed by atoms with van der Waals surface area (Å²) in [5.74, 6) is 3.43. The fourth-order valence-corrected chi connectivity index (χ4v) is 6.18. The van der Waals surface area contributed by atoms with E-state index in [9.17, 15) is 4.79 Å². The van der Waals surface area contributed by atoms with Crippen molar-refractivity contribution in [2.75, 3.05) is 13.1 Å². The molecule has 2 saturated heterocycles. The lowest BCUT2D eigenvalue weighted by molar-refractivity contribution is -0.172. The molecule has 4 unspecified atom stereocenters. The summed E-state index contributed by atoms with van der Waals surface area (Å²) in [7, 11) is 0. The van der Waals surface area contributed by atoms with Gasteiger partial charge in [-0.3, -0.25) is 9.69 Å². The topological polar surface area (TPSA) is 20.3 Å². The minimum absolute atomic E-state index is 0.314. The molecule has 0 N–H and O–H groups in total. The van der Waals surface area contributed by atoms with Gasteiger partial charge in [0.05, 0.1) is 0 Å². The number of nitrogens with zero attached hydrogens (tertiary/aromatic N) is 1. The third-order valence-corrected chi connectivity index (χ3v) is 6.50. The number of carbonyl (C=O) groups excluding carboxylic acids is 1. The molecule has 5 atom stereocenters. The van der Waals surface area contributed by atoms with E-state index in [2.05, 4.69) is 11.8 Å². The van der Waals surface area contributed by atoms with Gasteiger partial charge in [0.15, 0.2) is 0 Å². The smallest absolute Gasteiger partial charge is 0.138 e. The molecule has 100 valence electrons. The Hall–Kier alpha value is -0.370. The molecule has 1 spiro atoms. The molecule has 2 heteroatoms. The standard InChI is InChI=1S/C16H25NO/c1-11-8-12-9-15(18)14-5-3-7-17-6-2-4-13(12)16(14,17)10-11/h11-14H,2-10H2,1H3/t11?,12?,13?,14?,16-/m1/s1. The van der Waals surface area contributed by atoms with E-state index in [1.165, 1.54) is 51.6 Å². The average Bonchev–Trinajstić information content (AvgIpc) is 2.33. The first-order valence-corrected chi connectivity index (χ1v) is 7.99. The molecule has 4 rings (SSSR count). The predicted molar refractivity (Wildman–Crippen MR) is 71.3 cm³/mol. The Labute approximate surface area is 110 Å². The molecule has 0 amide bonds. The van der Waals surface area contributed by atoms with Crippen LogP contribution in [0, 0.1) is 23.7 Å². The van der Waals surface area contributed by atoms with Gasteiger partial charge in [-0.15, -0.1) is 0 Å². The zero-order valence-electron chi connectivity index (χ0n) is 11.5. The number of ketones is 1. The quantitative estimate of drug-likeness (QED) is 0.656. The third kappa shape index (κ3) is 1.31. The van der Waals surface area contributed by atoms with Crippen molar-refractivity contribution < 1.29 is 4.79 Å². The Bertz CT molecular complexity index is 377. The highest BCUT2D eigenvalue weighted by Crippen LogP contribution is 2.59. The lowest BCUT2D eigenvalue weighted by Crippen LogP contribution is -2.71. The van der Waals surface area contributed by atoms with Crippen molar-refractivity contribution in [2.45, 2.75) is 57.4 Å². The number of carbonyl (C=O) groups is 1. The highest BCUT2D eigenvalue weighted by molar-refractivity contribution is 5.84. The van der Waals surface area contributed by atoms with Gasteiger partial charge in [-0.2, -0.15) is 0 Å². The molecule has 2 bridgehead atoms. The van der Waals surface area contributed by atoms with Crippen LogP contribution in [0.5, 0.6) is 0 Å². The van der Waals surface area contributed by atoms with E-state index in [0.717, 1.165) is 24.2 Å². The SMILES string of the molecule is CC1CC2CC(=O)C3CCCN4CCCC2[C@]34C1. The first-order valence-electron chi connectivity index (χ1n) is 7.99. The van der Waals surface area contributed by atoms with Crippen LogP contribution in [0.1, 0.15) is 51.9 Å². The zero-order valence-corrected chi connectivity index (χ0v) is 11.5. The highest BCUT2D eigenvalue weighted by atomic mass is 16.1. The molecule has 4 aliphatic rings. The van der Waals surface area contributed by atoms with Gasteiger partial charge in [0.1, 0.15) is 5.78 Å². The minimum atomic E-state index is 0.314. The summed E-state index contributed by atoms with van der Waals surface area (Å²) in [6.07, 6.45) is 8.75. The summed E-state index contributed by atoms with van der Waals surface area (Å²) >= 11 is 0. The second kappa shape index (κ2) is 3.82. The molecule has 2 aliphatic heterocycles. The van der Waals surface area contributed by atoms with E-state index in [1.807, 2.05) is 0 Å². The Morgan fingerprint density at radius 1 is 1.22 bits per heavy atom. The van der Waals surface area contributed by atoms with Crippen LogP contribution in [0.15, 0.2) is 0 Å². The lowest BCUT2D eigenvalue weighted by Gasteiger charge is -2.65. The van der Waals surface area contributed by atoms with Gasteiger partial charge in [0.2, 0.25) is 0 Å². The van der Waals surface area contributed by atoms with Gasteiger partial charge in [-0.1, -0.05) is 6.92 Å². The molecule has 0 aromatic rings. The fourth-order valence-electron chi connectivity index (χ4n) is 6.18. The van der Waals surface area contributed by atoms with Crippen LogP contribution < -0.4 is 0 Å². The number of hydrogen-bond donors (Lipinski definition) is 0. The second-order valence-electron chi connectivity index (χ2n) is 7.40. The Morgan fingerprint density at radius 2 is 2.00 bits per heavy atom. The number of piperidine rings is 2. The molecule has 2 aliphatic carbocycles. The van der Waals surface area contributed by atoms with Crippen LogP contribution in [0.4, 0.5) is 0 Å². The Kier molecular flexibility index (Phi) is 2.43. The van der Waals surface area contributed by atoms with E-state index in [1.54, 1.807) is 0 Å². The maximum atomic E-state index is 12.5. The highest BCUT2D eigenvalue weighted by Gasteiger charge is 2.62. The largest absolute Gasteiger partial charge is 0.299 e. The van der Waals surface area contributed by atoms with Crippen molar-refractivity contribution in [3.63, 3.8) is 0 Å². The average molecular weight is 247 g/mol.